The van der Waals surface area contributed by atoms with Gasteiger partial charge >= 0.3 is 0 Å². The van der Waals surface area contributed by atoms with Crippen LogP contribution < -0.4 is 4.72 Å². The fourth-order valence-corrected chi connectivity index (χ4v) is 4.37. The highest BCUT2D eigenvalue weighted by Gasteiger charge is 2.18. The molecule has 3 nitrogen and oxygen atoms in total. The first-order valence-electron chi connectivity index (χ1n) is 6.47. The van der Waals surface area contributed by atoms with Gasteiger partial charge in [-0.2, -0.15) is 0 Å². The molecule has 0 aliphatic heterocycles. The second-order valence-electron chi connectivity index (χ2n) is 4.87. The maximum Gasteiger partial charge on any atom is 0.216 e. The van der Waals surface area contributed by atoms with Gasteiger partial charge in [0.25, 0.3) is 0 Å². The molecule has 7 heteroatoms. The van der Waals surface area contributed by atoms with E-state index in [4.69, 9.17) is 23.2 Å². The van der Waals surface area contributed by atoms with Crippen molar-refractivity contribution in [2.24, 2.45) is 0 Å². The summed E-state index contributed by atoms with van der Waals surface area (Å²) in [7, 11) is -3.50. The fraction of sp³-hybridized carbons (Fsp3) is 0.200. The number of benzene rings is 2. The molecule has 1 N–H and O–H groups in total. The van der Waals surface area contributed by atoms with Crippen LogP contribution in [-0.2, 0) is 15.8 Å². The maximum atomic E-state index is 12.3. The van der Waals surface area contributed by atoms with Crippen LogP contribution >= 0.6 is 39.1 Å². The zero-order valence-corrected chi connectivity index (χ0v) is 15.6. The van der Waals surface area contributed by atoms with E-state index in [0.717, 1.165) is 10.0 Å². The van der Waals surface area contributed by atoms with Gasteiger partial charge in [-0.1, -0.05) is 63.4 Å². The highest BCUT2D eigenvalue weighted by molar-refractivity contribution is 9.10. The summed E-state index contributed by atoms with van der Waals surface area (Å²) in [6.45, 7) is 1.80. The number of hydrogen-bond donors (Lipinski definition) is 1. The standard InChI is InChI=1S/C15H14BrCl2NO2S/c1-10(12-4-2-3-5-13(12)16)19-22(20,21)9-11-6-7-14(17)15(18)8-11/h2-8,10,19H,9H2,1H3. The SMILES string of the molecule is CC(NS(=O)(=O)Cc1ccc(Cl)c(Cl)c1)c1ccccc1Br. The van der Waals surface area contributed by atoms with Gasteiger partial charge in [0, 0.05) is 10.5 Å². The summed E-state index contributed by atoms with van der Waals surface area (Å²) in [6, 6.07) is 11.9. The normalized spacial score (nSPS) is 13.1. The van der Waals surface area contributed by atoms with E-state index in [9.17, 15) is 8.42 Å². The zero-order valence-electron chi connectivity index (χ0n) is 11.7. The molecule has 0 saturated carbocycles. The number of nitrogens with one attached hydrogen (secondary N) is 1. The highest BCUT2D eigenvalue weighted by atomic mass is 79.9. The van der Waals surface area contributed by atoms with Gasteiger partial charge in [0.2, 0.25) is 10.0 Å². The van der Waals surface area contributed by atoms with Crippen LogP contribution in [0.5, 0.6) is 0 Å². The van der Waals surface area contributed by atoms with Crippen LogP contribution in [0.1, 0.15) is 24.1 Å². The van der Waals surface area contributed by atoms with Crippen LogP contribution in [0.15, 0.2) is 46.9 Å². The van der Waals surface area contributed by atoms with Gasteiger partial charge in [-0.05, 0) is 36.2 Å². The van der Waals surface area contributed by atoms with Crippen LogP contribution in [0, 0.1) is 0 Å². The average Bonchev–Trinajstić information content (AvgIpc) is 2.42. The molecule has 118 valence electrons. The second-order valence-corrected chi connectivity index (χ2v) is 8.29. The molecule has 22 heavy (non-hydrogen) atoms. The predicted molar refractivity (Wildman–Crippen MR) is 94.8 cm³/mol. The molecule has 2 aromatic rings. The third kappa shape index (κ3) is 4.70. The minimum Gasteiger partial charge on any atom is -0.212 e. The monoisotopic (exact) mass is 421 g/mol. The Bertz CT molecular complexity index is 781. The summed E-state index contributed by atoms with van der Waals surface area (Å²) in [6.07, 6.45) is 0. The van der Waals surface area contributed by atoms with Crippen molar-refractivity contribution in [1.82, 2.24) is 4.72 Å². The van der Waals surface area contributed by atoms with Crippen molar-refractivity contribution in [1.29, 1.82) is 0 Å². The Labute approximate surface area is 148 Å². The topological polar surface area (TPSA) is 46.2 Å². The summed E-state index contributed by atoms with van der Waals surface area (Å²) in [5.74, 6) is -0.154. The molecular weight excluding hydrogens is 409 g/mol. The Hall–Kier alpha value is -0.590. The van der Waals surface area contributed by atoms with E-state index < -0.39 is 10.0 Å². The van der Waals surface area contributed by atoms with Crippen molar-refractivity contribution in [3.05, 3.63) is 68.1 Å². The van der Waals surface area contributed by atoms with Gasteiger partial charge in [0.05, 0.1) is 15.8 Å². The van der Waals surface area contributed by atoms with Crippen molar-refractivity contribution in [3.8, 4) is 0 Å². The lowest BCUT2D eigenvalue weighted by atomic mass is 10.1. The molecule has 0 amide bonds. The van der Waals surface area contributed by atoms with E-state index in [2.05, 4.69) is 20.7 Å². The summed E-state index contributed by atoms with van der Waals surface area (Å²) >= 11 is 15.2. The number of rotatable bonds is 5. The molecule has 0 fully saturated rings. The fourth-order valence-electron chi connectivity index (χ4n) is 2.05. The third-order valence-electron chi connectivity index (χ3n) is 3.07. The molecule has 0 aliphatic rings. The van der Waals surface area contributed by atoms with Crippen molar-refractivity contribution in [2.45, 2.75) is 18.7 Å². The summed E-state index contributed by atoms with van der Waals surface area (Å²) in [4.78, 5) is 0. The quantitative estimate of drug-likeness (QED) is 0.741. The Morgan fingerprint density at radius 3 is 2.45 bits per heavy atom. The van der Waals surface area contributed by atoms with Gasteiger partial charge in [-0.25, -0.2) is 13.1 Å². The molecule has 2 rings (SSSR count). The molecule has 0 radical (unpaired) electrons. The molecular formula is C15H14BrCl2NO2S. The molecule has 2 aromatic carbocycles. The molecule has 0 bridgehead atoms. The Balaban J connectivity index is 2.14. The van der Waals surface area contributed by atoms with E-state index >= 15 is 0 Å². The average molecular weight is 423 g/mol. The van der Waals surface area contributed by atoms with Gasteiger partial charge in [0.15, 0.2) is 0 Å². The zero-order chi connectivity index (χ0) is 16.3. The summed E-state index contributed by atoms with van der Waals surface area (Å²) in [5.41, 5.74) is 1.46. The Morgan fingerprint density at radius 1 is 1.14 bits per heavy atom. The highest BCUT2D eigenvalue weighted by Crippen LogP contribution is 2.25. The molecule has 0 aliphatic carbocycles. The lowest BCUT2D eigenvalue weighted by Crippen LogP contribution is -2.28. The molecule has 1 unspecified atom stereocenters. The molecule has 0 aromatic heterocycles. The Morgan fingerprint density at radius 2 is 1.82 bits per heavy atom. The number of sulfonamides is 1. The number of halogens is 3. The van der Waals surface area contributed by atoms with Crippen molar-refractivity contribution in [3.63, 3.8) is 0 Å². The van der Waals surface area contributed by atoms with Crippen molar-refractivity contribution in [2.75, 3.05) is 0 Å². The van der Waals surface area contributed by atoms with Gasteiger partial charge in [-0.15, -0.1) is 0 Å². The maximum absolute atomic E-state index is 12.3. The van der Waals surface area contributed by atoms with E-state index in [-0.39, 0.29) is 11.8 Å². The molecule has 0 spiro atoms. The van der Waals surface area contributed by atoms with Crippen LogP contribution in [0.2, 0.25) is 10.0 Å². The van der Waals surface area contributed by atoms with E-state index in [1.54, 1.807) is 25.1 Å². The minimum absolute atomic E-state index is 0.154. The largest absolute Gasteiger partial charge is 0.216 e. The first-order valence-corrected chi connectivity index (χ1v) is 9.67. The minimum atomic E-state index is -3.50. The molecule has 1 atom stereocenters. The van der Waals surface area contributed by atoms with Crippen LogP contribution in [0.25, 0.3) is 0 Å². The first-order chi connectivity index (χ1) is 10.3. The smallest absolute Gasteiger partial charge is 0.212 e. The predicted octanol–water partition coefficient (Wildman–Crippen LogP) is 4.94. The third-order valence-corrected chi connectivity index (χ3v) is 5.96. The number of hydrogen-bond acceptors (Lipinski definition) is 2. The van der Waals surface area contributed by atoms with Gasteiger partial charge < -0.3 is 0 Å². The van der Waals surface area contributed by atoms with Crippen molar-refractivity contribution >= 4 is 49.2 Å². The van der Waals surface area contributed by atoms with E-state index in [1.165, 1.54) is 0 Å². The van der Waals surface area contributed by atoms with Gasteiger partial charge in [0.1, 0.15) is 0 Å². The van der Waals surface area contributed by atoms with E-state index in [1.807, 2.05) is 24.3 Å². The van der Waals surface area contributed by atoms with Gasteiger partial charge in [-0.3, -0.25) is 0 Å². The molecule has 0 heterocycles. The van der Waals surface area contributed by atoms with Crippen molar-refractivity contribution < 1.29 is 8.42 Å². The summed E-state index contributed by atoms with van der Waals surface area (Å²) < 4.78 is 28.1. The lowest BCUT2D eigenvalue weighted by molar-refractivity contribution is 0.565. The molecule has 0 saturated heterocycles. The van der Waals surface area contributed by atoms with E-state index in [0.29, 0.717) is 15.6 Å². The van der Waals surface area contributed by atoms with Crippen LogP contribution in [-0.4, -0.2) is 8.42 Å². The van der Waals surface area contributed by atoms with Crippen LogP contribution in [0.4, 0.5) is 0 Å². The Kier molecular flexibility index (Phi) is 5.91. The lowest BCUT2D eigenvalue weighted by Gasteiger charge is -2.16. The van der Waals surface area contributed by atoms with Crippen LogP contribution in [0.3, 0.4) is 0 Å². The first kappa shape index (κ1) is 17.8. The second kappa shape index (κ2) is 7.32. The summed E-state index contributed by atoms with van der Waals surface area (Å²) in [5, 5.41) is 0.741.